The molecule has 3 rings (SSSR count). The molecule has 0 aliphatic carbocycles. The Morgan fingerprint density at radius 2 is 2.30 bits per heavy atom. The number of rotatable bonds is 3. The first-order valence-electron chi connectivity index (χ1n) is 6.69. The molecule has 0 aromatic heterocycles. The minimum absolute atomic E-state index is 0.0867. The predicted octanol–water partition coefficient (Wildman–Crippen LogP) is 2.66. The van der Waals surface area contributed by atoms with Crippen LogP contribution in [0.25, 0.3) is 0 Å². The van der Waals surface area contributed by atoms with E-state index in [1.165, 1.54) is 0 Å². The molecule has 0 fully saturated rings. The maximum Gasteiger partial charge on any atom is 0.231 e. The van der Waals surface area contributed by atoms with Gasteiger partial charge in [0.2, 0.25) is 11.8 Å². The van der Waals surface area contributed by atoms with E-state index in [1.54, 1.807) is 23.8 Å². The van der Waals surface area contributed by atoms with E-state index < -0.39 is 5.85 Å². The van der Waals surface area contributed by atoms with Crippen molar-refractivity contribution in [3.8, 4) is 5.75 Å². The van der Waals surface area contributed by atoms with Crippen LogP contribution in [-0.4, -0.2) is 31.2 Å². The molecule has 1 aromatic rings. The van der Waals surface area contributed by atoms with Crippen molar-refractivity contribution < 1.29 is 14.3 Å². The van der Waals surface area contributed by atoms with E-state index in [4.69, 9.17) is 9.47 Å². The number of anilines is 2. The minimum Gasteiger partial charge on any atom is -0.497 e. The van der Waals surface area contributed by atoms with Crippen LogP contribution >= 0.6 is 11.8 Å². The Bertz CT molecular complexity index is 564. The third kappa shape index (κ3) is 1.94. The topological polar surface area (TPSA) is 50.8 Å². The number of hydrogen-bond donors (Lipinski definition) is 1. The van der Waals surface area contributed by atoms with Crippen LogP contribution in [0.4, 0.5) is 11.4 Å². The van der Waals surface area contributed by atoms with Crippen molar-refractivity contribution in [2.24, 2.45) is 0 Å². The fourth-order valence-corrected chi connectivity index (χ4v) is 3.79. The van der Waals surface area contributed by atoms with Crippen molar-refractivity contribution in [3.63, 3.8) is 0 Å². The molecule has 0 radical (unpaired) electrons. The second-order valence-electron chi connectivity index (χ2n) is 4.89. The summed E-state index contributed by atoms with van der Waals surface area (Å²) in [6.07, 6.45) is 0.505. The highest BCUT2D eigenvalue weighted by molar-refractivity contribution is 7.99. The number of nitrogens with one attached hydrogen (secondary N) is 1. The second-order valence-corrected chi connectivity index (χ2v) is 6.03. The Labute approximate surface area is 122 Å². The molecule has 0 saturated carbocycles. The molecule has 1 atom stereocenters. The zero-order valence-electron chi connectivity index (χ0n) is 11.9. The number of ether oxygens (including phenoxy) is 2. The number of hydrogen-bond acceptors (Lipinski definition) is 5. The fraction of sp³-hybridized carbons (Fsp3) is 0.500. The zero-order chi connectivity index (χ0) is 14.3. The maximum atomic E-state index is 12.4. The summed E-state index contributed by atoms with van der Waals surface area (Å²) in [6, 6.07) is 3.89. The summed E-state index contributed by atoms with van der Waals surface area (Å²) in [7, 11) is 1.65. The van der Waals surface area contributed by atoms with E-state index >= 15 is 0 Å². The van der Waals surface area contributed by atoms with Crippen LogP contribution < -0.4 is 15.0 Å². The molecule has 2 aliphatic heterocycles. The maximum absolute atomic E-state index is 12.4. The highest BCUT2D eigenvalue weighted by atomic mass is 32.2. The number of amides is 1. The highest BCUT2D eigenvalue weighted by Gasteiger charge is 2.46. The summed E-state index contributed by atoms with van der Waals surface area (Å²) in [6.45, 7) is 4.34. The van der Waals surface area contributed by atoms with Crippen LogP contribution in [0.3, 0.4) is 0 Å². The molecule has 2 heterocycles. The first-order chi connectivity index (χ1) is 9.59. The summed E-state index contributed by atoms with van der Waals surface area (Å²) >= 11 is 1.68. The molecule has 1 amide bonds. The van der Waals surface area contributed by atoms with Crippen molar-refractivity contribution in [1.82, 2.24) is 0 Å². The van der Waals surface area contributed by atoms with Crippen LogP contribution in [-0.2, 0) is 9.53 Å². The fourth-order valence-electron chi connectivity index (χ4n) is 2.76. The van der Waals surface area contributed by atoms with Gasteiger partial charge in [-0.15, -0.1) is 11.8 Å². The van der Waals surface area contributed by atoms with Crippen molar-refractivity contribution in [2.45, 2.75) is 31.0 Å². The van der Waals surface area contributed by atoms with Gasteiger partial charge in [-0.1, -0.05) is 0 Å². The van der Waals surface area contributed by atoms with Crippen LogP contribution in [0, 0.1) is 0 Å². The first-order valence-corrected chi connectivity index (χ1v) is 7.67. The first kappa shape index (κ1) is 13.6. The van der Waals surface area contributed by atoms with Gasteiger partial charge in [-0.05, 0) is 13.0 Å². The Morgan fingerprint density at radius 1 is 1.50 bits per heavy atom. The molecular formula is C14H18N2O3S. The second kappa shape index (κ2) is 4.86. The quantitative estimate of drug-likeness (QED) is 0.929. The number of methoxy groups -OCH3 is 1. The van der Waals surface area contributed by atoms with E-state index in [0.717, 1.165) is 27.8 Å². The normalized spacial score (nSPS) is 24.1. The average molecular weight is 294 g/mol. The third-order valence-corrected chi connectivity index (χ3v) is 4.58. The van der Waals surface area contributed by atoms with Crippen LogP contribution in [0.1, 0.15) is 20.3 Å². The lowest BCUT2D eigenvalue weighted by Crippen LogP contribution is -2.53. The van der Waals surface area contributed by atoms with E-state index in [9.17, 15) is 4.79 Å². The molecule has 20 heavy (non-hydrogen) atoms. The van der Waals surface area contributed by atoms with Crippen molar-refractivity contribution >= 4 is 29.0 Å². The molecule has 5 nitrogen and oxygen atoms in total. The Balaban J connectivity index is 2.16. The minimum atomic E-state index is -0.819. The standard InChI is InChI=1S/C14H18N2O3S/c1-4-19-14(2)15-10-7-9(18-3)8-11-13(10)16(14)12(17)5-6-20-11/h7-8,15H,4-6H2,1-3H3. The molecule has 0 spiro atoms. The molecule has 6 heteroatoms. The number of carbonyl (C=O) groups is 1. The number of benzene rings is 1. The predicted molar refractivity (Wildman–Crippen MR) is 79.5 cm³/mol. The van der Waals surface area contributed by atoms with Gasteiger partial charge in [0, 0.05) is 36.7 Å². The molecular weight excluding hydrogens is 276 g/mol. The van der Waals surface area contributed by atoms with Crippen LogP contribution in [0.5, 0.6) is 5.75 Å². The summed E-state index contributed by atoms with van der Waals surface area (Å²) in [4.78, 5) is 15.3. The molecule has 0 bridgehead atoms. The summed E-state index contributed by atoms with van der Waals surface area (Å²) < 4.78 is 11.1. The monoisotopic (exact) mass is 294 g/mol. The van der Waals surface area contributed by atoms with Crippen molar-refractivity contribution in [2.75, 3.05) is 29.7 Å². The van der Waals surface area contributed by atoms with E-state index in [0.29, 0.717) is 13.0 Å². The Morgan fingerprint density at radius 3 is 3.00 bits per heavy atom. The molecule has 1 unspecified atom stereocenters. The van der Waals surface area contributed by atoms with Gasteiger partial charge in [-0.3, -0.25) is 9.69 Å². The van der Waals surface area contributed by atoms with Crippen molar-refractivity contribution in [1.29, 1.82) is 0 Å². The number of carbonyl (C=O) groups excluding carboxylic acids is 1. The van der Waals surface area contributed by atoms with Gasteiger partial charge in [0.1, 0.15) is 5.75 Å². The molecule has 1 aromatic carbocycles. The van der Waals surface area contributed by atoms with Gasteiger partial charge in [-0.2, -0.15) is 0 Å². The lowest BCUT2D eigenvalue weighted by atomic mass is 10.2. The van der Waals surface area contributed by atoms with Gasteiger partial charge in [0.15, 0.2) is 0 Å². The lowest BCUT2D eigenvalue weighted by Gasteiger charge is -2.34. The average Bonchev–Trinajstić information content (AvgIpc) is 2.58. The Kier molecular flexibility index (Phi) is 3.30. The third-order valence-electron chi connectivity index (χ3n) is 3.55. The van der Waals surface area contributed by atoms with Crippen LogP contribution in [0.15, 0.2) is 17.0 Å². The molecule has 2 aliphatic rings. The van der Waals surface area contributed by atoms with E-state index in [1.807, 2.05) is 26.0 Å². The van der Waals surface area contributed by atoms with Crippen molar-refractivity contribution in [3.05, 3.63) is 12.1 Å². The van der Waals surface area contributed by atoms with Crippen LogP contribution in [0.2, 0.25) is 0 Å². The lowest BCUT2D eigenvalue weighted by molar-refractivity contribution is -0.123. The summed E-state index contributed by atoms with van der Waals surface area (Å²) in [5.74, 6) is 0.828. The van der Waals surface area contributed by atoms with E-state index in [-0.39, 0.29) is 5.91 Å². The zero-order valence-corrected chi connectivity index (χ0v) is 12.7. The SMILES string of the molecule is CCOC1(C)Nc2cc(OC)cc3c2N1C(=O)CCS3. The van der Waals surface area contributed by atoms with E-state index in [2.05, 4.69) is 5.32 Å². The van der Waals surface area contributed by atoms with Gasteiger partial charge in [0.25, 0.3) is 0 Å². The van der Waals surface area contributed by atoms with Gasteiger partial charge in [-0.25, -0.2) is 0 Å². The van der Waals surface area contributed by atoms with Gasteiger partial charge in [0.05, 0.1) is 18.5 Å². The highest BCUT2D eigenvalue weighted by Crippen LogP contribution is 2.50. The Hall–Kier alpha value is -1.40. The molecule has 1 N–H and O–H groups in total. The smallest absolute Gasteiger partial charge is 0.231 e. The largest absolute Gasteiger partial charge is 0.497 e. The molecule has 108 valence electrons. The number of nitrogens with zero attached hydrogens (tertiary/aromatic N) is 1. The number of thioether (sulfide) groups is 1. The van der Waals surface area contributed by atoms with Gasteiger partial charge < -0.3 is 14.8 Å². The van der Waals surface area contributed by atoms with Gasteiger partial charge >= 0.3 is 0 Å². The molecule has 0 saturated heterocycles. The summed E-state index contributed by atoms with van der Waals surface area (Å²) in [5.41, 5.74) is 1.80. The summed E-state index contributed by atoms with van der Waals surface area (Å²) in [5, 5.41) is 3.32.